The van der Waals surface area contributed by atoms with Crippen LogP contribution in [0.15, 0.2) is 0 Å². The molecule has 2 unspecified atom stereocenters. The number of amides is 3. The molecule has 0 aromatic rings. The normalized spacial score (nSPS) is 15.5. The molecular formula is C9H17N3O5. The molecule has 0 aliphatic carbocycles. The number of aliphatic carboxylic acids is 1. The van der Waals surface area contributed by atoms with Gasteiger partial charge in [-0.25, -0.2) is 4.79 Å². The SMILES string of the molecule is CC(NC(N)=O)C(=O)NCC(C)(O)CC(=O)O. The summed E-state index contributed by atoms with van der Waals surface area (Å²) >= 11 is 0. The lowest BCUT2D eigenvalue weighted by Crippen LogP contribution is -2.50. The van der Waals surface area contributed by atoms with Crippen LogP contribution in [0.1, 0.15) is 20.3 Å². The molecule has 0 aliphatic rings. The summed E-state index contributed by atoms with van der Waals surface area (Å²) in [6, 6.07) is -1.70. The minimum absolute atomic E-state index is 0.233. The van der Waals surface area contributed by atoms with E-state index in [4.69, 9.17) is 10.8 Å². The zero-order valence-electron chi connectivity index (χ0n) is 9.69. The second-order valence-corrected chi connectivity index (χ2v) is 4.02. The lowest BCUT2D eigenvalue weighted by molar-refractivity contribution is -0.142. The molecule has 98 valence electrons. The highest BCUT2D eigenvalue weighted by atomic mass is 16.4. The van der Waals surface area contributed by atoms with Crippen molar-refractivity contribution >= 4 is 17.9 Å². The quantitative estimate of drug-likeness (QED) is 0.383. The molecule has 8 heteroatoms. The highest BCUT2D eigenvalue weighted by molar-refractivity contribution is 5.86. The third-order valence-corrected chi connectivity index (χ3v) is 1.93. The van der Waals surface area contributed by atoms with Crippen molar-refractivity contribution in [1.82, 2.24) is 10.6 Å². The van der Waals surface area contributed by atoms with Crippen LogP contribution >= 0.6 is 0 Å². The molecule has 0 aromatic carbocycles. The average Bonchev–Trinajstić information content (AvgIpc) is 2.11. The van der Waals surface area contributed by atoms with Crippen molar-refractivity contribution in [3.63, 3.8) is 0 Å². The van der Waals surface area contributed by atoms with Crippen LogP contribution in [0.5, 0.6) is 0 Å². The maximum Gasteiger partial charge on any atom is 0.312 e. The molecule has 0 saturated carbocycles. The number of hydrogen-bond acceptors (Lipinski definition) is 4. The Balaban J connectivity index is 4.14. The highest BCUT2D eigenvalue weighted by Gasteiger charge is 2.25. The zero-order chi connectivity index (χ0) is 13.6. The Labute approximate surface area is 98.2 Å². The van der Waals surface area contributed by atoms with E-state index in [2.05, 4.69) is 10.6 Å². The van der Waals surface area contributed by atoms with E-state index in [0.29, 0.717) is 0 Å². The zero-order valence-corrected chi connectivity index (χ0v) is 9.69. The van der Waals surface area contributed by atoms with Gasteiger partial charge in [0.05, 0.1) is 12.0 Å². The largest absolute Gasteiger partial charge is 0.481 e. The van der Waals surface area contributed by atoms with Gasteiger partial charge in [-0.2, -0.15) is 0 Å². The second kappa shape index (κ2) is 6.04. The van der Waals surface area contributed by atoms with Gasteiger partial charge in [0.1, 0.15) is 6.04 Å². The number of nitrogens with two attached hydrogens (primary N) is 1. The molecule has 0 aromatic heterocycles. The summed E-state index contributed by atoms with van der Waals surface area (Å²) < 4.78 is 0. The fraction of sp³-hybridized carbons (Fsp3) is 0.667. The number of primary amides is 1. The summed E-state index contributed by atoms with van der Waals surface area (Å²) in [5.41, 5.74) is 3.27. The molecule has 2 atom stereocenters. The lowest BCUT2D eigenvalue weighted by atomic mass is 10.0. The predicted octanol–water partition coefficient (Wildman–Crippen LogP) is -1.61. The number of aliphatic hydroxyl groups is 1. The van der Waals surface area contributed by atoms with Crippen LogP contribution in [0.2, 0.25) is 0 Å². The van der Waals surface area contributed by atoms with Gasteiger partial charge in [-0.1, -0.05) is 0 Å². The number of carbonyl (C=O) groups excluding carboxylic acids is 2. The van der Waals surface area contributed by atoms with Crippen LogP contribution in [-0.2, 0) is 9.59 Å². The van der Waals surface area contributed by atoms with E-state index in [9.17, 15) is 19.5 Å². The first-order valence-corrected chi connectivity index (χ1v) is 4.92. The Morgan fingerprint density at radius 1 is 1.41 bits per heavy atom. The minimum Gasteiger partial charge on any atom is -0.481 e. The molecule has 8 nitrogen and oxygen atoms in total. The number of carbonyl (C=O) groups is 3. The van der Waals surface area contributed by atoms with Crippen molar-refractivity contribution < 1.29 is 24.6 Å². The predicted molar refractivity (Wildman–Crippen MR) is 58.1 cm³/mol. The minimum atomic E-state index is -1.55. The molecule has 0 spiro atoms. The van der Waals surface area contributed by atoms with Crippen LogP contribution < -0.4 is 16.4 Å². The number of rotatable bonds is 6. The average molecular weight is 247 g/mol. The van der Waals surface area contributed by atoms with Gasteiger partial charge in [-0.05, 0) is 13.8 Å². The molecule has 0 radical (unpaired) electrons. The van der Waals surface area contributed by atoms with Crippen molar-refractivity contribution in [2.24, 2.45) is 5.73 Å². The topological polar surface area (TPSA) is 142 Å². The summed E-state index contributed by atoms with van der Waals surface area (Å²) in [5, 5.41) is 22.5. The van der Waals surface area contributed by atoms with Crippen LogP contribution in [0.3, 0.4) is 0 Å². The summed E-state index contributed by atoms with van der Waals surface area (Å²) in [5.74, 6) is -1.73. The molecule has 0 rings (SSSR count). The van der Waals surface area contributed by atoms with Crippen molar-refractivity contribution in [3.05, 3.63) is 0 Å². The van der Waals surface area contributed by atoms with Gasteiger partial charge >= 0.3 is 12.0 Å². The Morgan fingerprint density at radius 3 is 2.35 bits per heavy atom. The number of carboxylic acids is 1. The second-order valence-electron chi connectivity index (χ2n) is 4.02. The molecule has 0 saturated heterocycles. The van der Waals surface area contributed by atoms with E-state index in [1.807, 2.05) is 0 Å². The lowest BCUT2D eigenvalue weighted by Gasteiger charge is -2.22. The maximum atomic E-state index is 11.4. The summed E-state index contributed by atoms with van der Waals surface area (Å²) in [6.45, 7) is 2.46. The molecule has 0 heterocycles. The van der Waals surface area contributed by atoms with Crippen LogP contribution in [0, 0.1) is 0 Å². The molecule has 3 amide bonds. The standard InChI is InChI=1S/C9H17N3O5/c1-5(12-8(10)16)7(15)11-4-9(2,17)3-6(13)14/h5,17H,3-4H2,1-2H3,(H,11,15)(H,13,14)(H3,10,12,16). The van der Waals surface area contributed by atoms with E-state index >= 15 is 0 Å². The van der Waals surface area contributed by atoms with Gasteiger partial charge in [0, 0.05) is 6.54 Å². The van der Waals surface area contributed by atoms with E-state index in [0.717, 1.165) is 0 Å². The van der Waals surface area contributed by atoms with Crippen LogP contribution in [-0.4, -0.2) is 46.3 Å². The Kier molecular flexibility index (Phi) is 5.39. The van der Waals surface area contributed by atoms with Crippen molar-refractivity contribution in [2.75, 3.05) is 6.54 Å². The highest BCUT2D eigenvalue weighted by Crippen LogP contribution is 2.07. The Hall–Kier alpha value is -1.83. The molecular weight excluding hydrogens is 230 g/mol. The van der Waals surface area contributed by atoms with Crippen molar-refractivity contribution in [2.45, 2.75) is 31.9 Å². The third-order valence-electron chi connectivity index (χ3n) is 1.93. The van der Waals surface area contributed by atoms with E-state index < -0.39 is 36.0 Å². The van der Waals surface area contributed by atoms with Gasteiger partial charge in [0.15, 0.2) is 0 Å². The first kappa shape index (κ1) is 15.2. The van der Waals surface area contributed by atoms with Crippen LogP contribution in [0.25, 0.3) is 0 Å². The number of nitrogens with one attached hydrogen (secondary N) is 2. The molecule has 0 bridgehead atoms. The first-order valence-electron chi connectivity index (χ1n) is 4.92. The van der Waals surface area contributed by atoms with Crippen LogP contribution in [0.4, 0.5) is 4.79 Å². The number of urea groups is 1. The van der Waals surface area contributed by atoms with Gasteiger partial charge in [0.2, 0.25) is 5.91 Å². The monoisotopic (exact) mass is 247 g/mol. The summed E-state index contributed by atoms with van der Waals surface area (Å²) in [4.78, 5) is 32.2. The number of carboxylic acid groups (broad SMARTS) is 1. The Morgan fingerprint density at radius 2 is 1.94 bits per heavy atom. The van der Waals surface area contributed by atoms with E-state index in [1.165, 1.54) is 13.8 Å². The third kappa shape index (κ3) is 7.12. The Bertz CT molecular complexity index is 316. The summed E-state index contributed by atoms with van der Waals surface area (Å²) in [7, 11) is 0. The first-order chi connectivity index (χ1) is 7.64. The van der Waals surface area contributed by atoms with Gasteiger partial charge in [-0.3, -0.25) is 9.59 Å². The molecule has 0 aliphatic heterocycles. The smallest absolute Gasteiger partial charge is 0.312 e. The van der Waals surface area contributed by atoms with Gasteiger partial charge in [0.25, 0.3) is 0 Å². The molecule has 17 heavy (non-hydrogen) atoms. The fourth-order valence-corrected chi connectivity index (χ4v) is 1.10. The molecule has 6 N–H and O–H groups in total. The van der Waals surface area contributed by atoms with E-state index in [1.54, 1.807) is 0 Å². The van der Waals surface area contributed by atoms with Crippen molar-refractivity contribution in [3.8, 4) is 0 Å². The van der Waals surface area contributed by atoms with Gasteiger partial charge in [-0.15, -0.1) is 0 Å². The molecule has 0 fully saturated rings. The fourth-order valence-electron chi connectivity index (χ4n) is 1.10. The van der Waals surface area contributed by atoms with Crippen molar-refractivity contribution in [1.29, 1.82) is 0 Å². The van der Waals surface area contributed by atoms with E-state index in [-0.39, 0.29) is 6.54 Å². The van der Waals surface area contributed by atoms with Gasteiger partial charge < -0.3 is 26.6 Å². The number of hydrogen-bond donors (Lipinski definition) is 5. The maximum absolute atomic E-state index is 11.4. The summed E-state index contributed by atoms with van der Waals surface area (Å²) in [6.07, 6.45) is -0.495.